The van der Waals surface area contributed by atoms with Gasteiger partial charge in [0.25, 0.3) is 0 Å². The van der Waals surface area contributed by atoms with Crippen LogP contribution in [0.4, 0.5) is 0 Å². The molecule has 4 aromatic carbocycles. The molecule has 4 unspecified atom stereocenters. The number of likely N-dealkylation sites (N-methyl/N-ethyl adjacent to an activating group) is 2. The molecule has 0 amide bonds. The molecule has 6 rings (SSSR count). The number of carbonyl (C=O) groups is 2. The van der Waals surface area contributed by atoms with Gasteiger partial charge in [0, 0.05) is 61.5 Å². The lowest BCUT2D eigenvalue weighted by Crippen LogP contribution is -2.52. The van der Waals surface area contributed by atoms with E-state index in [0.29, 0.717) is 86.5 Å². The highest BCUT2D eigenvalue weighted by Gasteiger charge is 2.41. The second-order valence-corrected chi connectivity index (χ2v) is 17.6. The molecule has 0 spiro atoms. The van der Waals surface area contributed by atoms with Gasteiger partial charge in [0.05, 0.1) is 117 Å². The molecule has 68 heavy (non-hydrogen) atoms. The summed E-state index contributed by atoms with van der Waals surface area (Å²) in [5.41, 5.74) is 6.84. The molecule has 0 saturated heterocycles. The number of methoxy groups -OCH3 is 9. The Morgan fingerprint density at radius 2 is 0.868 bits per heavy atom. The van der Waals surface area contributed by atoms with Crippen molar-refractivity contribution in [3.05, 3.63) is 88.0 Å². The normalized spacial score (nSPS) is 19.2. The smallest absolute Gasteiger partial charge is 0.384 e. The summed E-state index contributed by atoms with van der Waals surface area (Å²) in [6.07, 6.45) is 4.19. The fraction of sp³-hybridized carbons (Fsp3) is 0.472. The molecule has 0 saturated carbocycles. The molecule has 2 aliphatic heterocycles. The van der Waals surface area contributed by atoms with E-state index in [2.05, 4.69) is 56.3 Å². The molecule has 366 valence electrons. The summed E-state index contributed by atoms with van der Waals surface area (Å²) in [5.74, 6) is 8.83. The molecule has 2 aliphatic rings. The van der Waals surface area contributed by atoms with Crippen molar-refractivity contribution < 1.29 is 70.7 Å². The first-order chi connectivity index (χ1) is 32.8. The third-order valence-corrected chi connectivity index (χ3v) is 13.7. The number of nitrogens with zero attached hydrogens (tertiary/aromatic N) is 2. The van der Waals surface area contributed by atoms with Gasteiger partial charge in [-0.15, -0.1) is 0 Å². The summed E-state index contributed by atoms with van der Waals surface area (Å²) in [4.78, 5) is 25.5. The van der Waals surface area contributed by atoms with Crippen LogP contribution in [-0.2, 0) is 44.7 Å². The van der Waals surface area contributed by atoms with Crippen LogP contribution < -0.4 is 42.6 Å². The molecule has 2 heterocycles. The van der Waals surface area contributed by atoms with Crippen LogP contribution >= 0.6 is 0 Å². The Balaban J connectivity index is 1.06. The average Bonchev–Trinajstić information content (AvgIpc) is 3.36. The van der Waals surface area contributed by atoms with Crippen LogP contribution in [0.3, 0.4) is 0 Å². The minimum Gasteiger partial charge on any atom is -0.493 e. The zero-order valence-electron chi connectivity index (χ0n) is 41.5. The molecule has 0 aromatic heterocycles. The third-order valence-electron chi connectivity index (χ3n) is 13.7. The van der Waals surface area contributed by atoms with E-state index in [4.69, 9.17) is 52.1 Å². The molecular formula is C53H68N2O13+2. The Morgan fingerprint density at radius 3 is 1.28 bits per heavy atom. The van der Waals surface area contributed by atoms with E-state index in [1.807, 2.05) is 24.3 Å². The monoisotopic (exact) mass is 940 g/mol. The van der Waals surface area contributed by atoms with E-state index in [1.54, 1.807) is 64.0 Å². The predicted octanol–water partition coefficient (Wildman–Crippen LogP) is 6.91. The molecule has 15 heteroatoms. The van der Waals surface area contributed by atoms with Gasteiger partial charge in [0.15, 0.2) is 46.0 Å². The van der Waals surface area contributed by atoms with E-state index in [9.17, 15) is 9.59 Å². The number of hydrogen-bond donors (Lipinski definition) is 0. The highest BCUT2D eigenvalue weighted by molar-refractivity contribution is 5.98. The van der Waals surface area contributed by atoms with E-state index in [0.717, 1.165) is 55.6 Å². The number of esters is 2. The number of hydrogen-bond acceptors (Lipinski definition) is 13. The maximum Gasteiger partial charge on any atom is 0.384 e. The van der Waals surface area contributed by atoms with Crippen LogP contribution in [0.5, 0.6) is 51.7 Å². The highest BCUT2D eigenvalue weighted by atomic mass is 16.5. The molecule has 4 aromatic rings. The first-order valence-corrected chi connectivity index (χ1v) is 22.8. The van der Waals surface area contributed by atoms with Gasteiger partial charge in [-0.25, -0.2) is 9.59 Å². The summed E-state index contributed by atoms with van der Waals surface area (Å²) in [6, 6.07) is 18.3. The number of rotatable bonds is 21. The highest BCUT2D eigenvalue weighted by Crippen LogP contribution is 2.46. The summed E-state index contributed by atoms with van der Waals surface area (Å²) in [7, 11) is 19.1. The third kappa shape index (κ3) is 11.4. The lowest BCUT2D eigenvalue weighted by Gasteiger charge is -2.46. The van der Waals surface area contributed by atoms with Crippen LogP contribution in [0.15, 0.2) is 54.6 Å². The van der Waals surface area contributed by atoms with Gasteiger partial charge in [-0.1, -0.05) is 6.07 Å². The minimum atomic E-state index is -0.783. The van der Waals surface area contributed by atoms with Crippen LogP contribution in [0, 0.1) is 11.8 Å². The van der Waals surface area contributed by atoms with Gasteiger partial charge < -0.3 is 61.1 Å². The molecule has 0 radical (unpaired) electrons. The van der Waals surface area contributed by atoms with E-state index >= 15 is 0 Å². The first kappa shape index (κ1) is 50.9. The number of carbonyl (C=O) groups excluding carboxylic acids is 2. The van der Waals surface area contributed by atoms with Crippen molar-refractivity contribution in [3.63, 3.8) is 0 Å². The van der Waals surface area contributed by atoms with Crippen LogP contribution in [0.25, 0.3) is 0 Å². The standard InChI is InChI=1S/C53H68N2O13/c1-54(22-18-37-31-45(60-5)47(62-7)33-39(37)41(54)26-35-14-15-43(58-3)44(28-35)59-4)20-12-24-67-51(56)16-17-52(57)68-25-13-21-55(2)23-19-38-32-46(61-6)48(63-8)34-40(38)42(55)27-36-29-49(64-9)53(66-11)50(30-36)65-10/h14-15,28-34,41-42H,12-13,18-27H2,1-11H3/q+2. The van der Waals surface area contributed by atoms with Crippen molar-refractivity contribution in [1.82, 2.24) is 0 Å². The summed E-state index contributed by atoms with van der Waals surface area (Å²) >= 11 is 0. The number of fused-ring (bicyclic) bond motifs is 2. The van der Waals surface area contributed by atoms with Crippen molar-refractivity contribution in [2.75, 3.05) is 117 Å². The lowest BCUT2D eigenvalue weighted by atomic mass is 9.86. The molecule has 0 N–H and O–H groups in total. The topological polar surface area (TPSA) is 136 Å². The molecular weight excluding hydrogens is 873 g/mol. The van der Waals surface area contributed by atoms with Crippen LogP contribution in [0.1, 0.15) is 58.3 Å². The zero-order chi connectivity index (χ0) is 49.0. The molecule has 4 atom stereocenters. The van der Waals surface area contributed by atoms with Gasteiger partial charge in [0.1, 0.15) is 12.1 Å². The van der Waals surface area contributed by atoms with Crippen molar-refractivity contribution in [2.24, 2.45) is 0 Å². The van der Waals surface area contributed by atoms with Gasteiger partial charge >= 0.3 is 11.9 Å². The van der Waals surface area contributed by atoms with E-state index in [1.165, 1.54) is 16.7 Å². The largest absolute Gasteiger partial charge is 0.493 e. The Labute approximate surface area is 401 Å². The summed E-state index contributed by atoms with van der Waals surface area (Å²) in [5, 5.41) is 0. The van der Waals surface area contributed by atoms with Crippen molar-refractivity contribution >= 4 is 11.9 Å². The maximum absolute atomic E-state index is 12.8. The molecule has 15 nitrogen and oxygen atoms in total. The van der Waals surface area contributed by atoms with Crippen molar-refractivity contribution in [3.8, 4) is 63.6 Å². The van der Waals surface area contributed by atoms with E-state index < -0.39 is 11.9 Å². The van der Waals surface area contributed by atoms with Gasteiger partial charge in [-0.2, -0.15) is 0 Å². The SMILES string of the molecule is COc1ccc(CC2c3cc(OC)c(OC)cc3CC[N+]2(C)CCCOC(=O)C#CC(=O)OCCC[N+]2(C)CCc3cc(OC)c(OC)cc3C2Cc2cc(OC)c(OC)c(OC)c2)cc1OC. The van der Waals surface area contributed by atoms with Crippen molar-refractivity contribution in [1.29, 1.82) is 0 Å². The Bertz CT molecular complexity index is 2460. The quantitative estimate of drug-likeness (QED) is 0.0282. The molecule has 0 bridgehead atoms. The number of benzene rings is 4. The van der Waals surface area contributed by atoms with Gasteiger partial charge in [0.2, 0.25) is 5.75 Å². The average molecular weight is 941 g/mol. The number of ether oxygens (including phenoxy) is 11. The Kier molecular flexibility index (Phi) is 17.2. The summed E-state index contributed by atoms with van der Waals surface area (Å²) < 4.78 is 63.3. The van der Waals surface area contributed by atoms with Crippen molar-refractivity contribution in [2.45, 2.75) is 50.6 Å². The van der Waals surface area contributed by atoms with E-state index in [-0.39, 0.29) is 25.3 Å². The first-order valence-electron chi connectivity index (χ1n) is 22.8. The second kappa shape index (κ2) is 23.0. The van der Waals surface area contributed by atoms with Crippen LogP contribution in [-0.4, -0.2) is 138 Å². The maximum atomic E-state index is 12.8. The lowest BCUT2D eigenvalue weighted by molar-refractivity contribution is -0.941. The van der Waals surface area contributed by atoms with Crippen LogP contribution in [0.2, 0.25) is 0 Å². The predicted molar refractivity (Wildman–Crippen MR) is 256 cm³/mol. The number of quaternary nitrogens is 2. The van der Waals surface area contributed by atoms with Gasteiger partial charge in [-0.05, 0) is 70.8 Å². The fourth-order valence-corrected chi connectivity index (χ4v) is 9.92. The summed E-state index contributed by atoms with van der Waals surface area (Å²) in [6.45, 7) is 3.41. The fourth-order valence-electron chi connectivity index (χ4n) is 9.92. The Morgan fingerprint density at radius 1 is 0.485 bits per heavy atom. The molecule has 0 aliphatic carbocycles. The zero-order valence-corrected chi connectivity index (χ0v) is 41.5. The van der Waals surface area contributed by atoms with Gasteiger partial charge in [-0.3, -0.25) is 0 Å². The second-order valence-electron chi connectivity index (χ2n) is 17.6. The Hall–Kier alpha value is -6.50. The minimum absolute atomic E-state index is 0.00182. The molecule has 0 fully saturated rings.